The lowest BCUT2D eigenvalue weighted by Crippen LogP contribution is -2.53. The molecular weight excluding hydrogens is 562 g/mol. The van der Waals surface area contributed by atoms with Crippen molar-refractivity contribution in [3.05, 3.63) is 94.5 Å². The van der Waals surface area contributed by atoms with Gasteiger partial charge in [0.1, 0.15) is 17.7 Å². The van der Waals surface area contributed by atoms with Gasteiger partial charge in [-0.25, -0.2) is 8.78 Å². The van der Waals surface area contributed by atoms with Crippen molar-refractivity contribution < 1.29 is 13.6 Å². The first-order valence-electron chi connectivity index (χ1n) is 13.7. The lowest BCUT2D eigenvalue weighted by molar-refractivity contribution is -0.136. The molecule has 214 valence electrons. The Kier molecular flexibility index (Phi) is 7.82. The summed E-state index contributed by atoms with van der Waals surface area (Å²) in [6, 6.07) is 19.7. The van der Waals surface area contributed by atoms with Crippen molar-refractivity contribution in [3.8, 4) is 17.5 Å². The second-order valence-corrected chi connectivity index (χ2v) is 10.8. The third-order valence-electron chi connectivity index (χ3n) is 7.88. The summed E-state index contributed by atoms with van der Waals surface area (Å²) >= 11 is 6.48. The second kappa shape index (κ2) is 11.8. The summed E-state index contributed by atoms with van der Waals surface area (Å²) in [4.78, 5) is 21.5. The minimum absolute atomic E-state index is 0.00249. The maximum atomic E-state index is 14.4. The predicted octanol–water partition coefficient (Wildman–Crippen LogP) is 4.31. The van der Waals surface area contributed by atoms with Gasteiger partial charge in [0.15, 0.2) is 0 Å². The Balaban J connectivity index is 1.21. The molecule has 0 spiro atoms. The van der Waals surface area contributed by atoms with Crippen molar-refractivity contribution >= 4 is 23.2 Å². The van der Waals surface area contributed by atoms with Crippen molar-refractivity contribution in [2.24, 2.45) is 0 Å². The molecule has 12 heteroatoms. The van der Waals surface area contributed by atoms with Crippen molar-refractivity contribution in [1.29, 1.82) is 5.26 Å². The quantitative estimate of drug-likeness (QED) is 0.331. The standard InChI is InChI=1S/C30H27ClF2N8O/c31-25-7-3-1-6-21(25)18-40-19-23(41-36-29(35-37-41)24-10-9-22(32)15-26(24)33)16-28(40)30(42)39-13-11-38(12-14-39)27-8-4-2-5-20(27)17-34/h1-10,15,23,28H,11-14,16,18-19H2/t23-,28-/m0/s1. The normalized spacial score (nSPS) is 19.2. The zero-order chi connectivity index (χ0) is 29.2. The van der Waals surface area contributed by atoms with Crippen LogP contribution in [0.3, 0.4) is 0 Å². The highest BCUT2D eigenvalue weighted by molar-refractivity contribution is 6.31. The maximum absolute atomic E-state index is 14.4. The first kappa shape index (κ1) is 27.8. The van der Waals surface area contributed by atoms with E-state index in [-0.39, 0.29) is 23.3 Å². The van der Waals surface area contributed by atoms with Gasteiger partial charge < -0.3 is 9.80 Å². The summed E-state index contributed by atoms with van der Waals surface area (Å²) in [7, 11) is 0. The molecule has 2 atom stereocenters. The molecule has 2 aliphatic rings. The second-order valence-electron chi connectivity index (χ2n) is 10.4. The summed E-state index contributed by atoms with van der Waals surface area (Å²) in [6.45, 7) is 3.18. The van der Waals surface area contributed by atoms with Crippen molar-refractivity contribution in [3.63, 3.8) is 0 Å². The Morgan fingerprint density at radius 1 is 1.02 bits per heavy atom. The van der Waals surface area contributed by atoms with Crippen LogP contribution in [0.25, 0.3) is 11.4 Å². The molecule has 6 rings (SSSR count). The van der Waals surface area contributed by atoms with Crippen LogP contribution >= 0.6 is 11.6 Å². The minimum atomic E-state index is -0.772. The SMILES string of the molecule is N#Cc1ccccc1N1CCN(C(=O)[C@@H]2C[C@H](n3nnc(-c4ccc(F)cc4F)n3)CN2Cc2ccccc2Cl)CC1. The number of carbonyl (C=O) groups is 1. The van der Waals surface area contributed by atoms with Crippen LogP contribution in [0.1, 0.15) is 23.6 Å². The fourth-order valence-corrected chi connectivity index (χ4v) is 5.90. The molecule has 2 fully saturated rings. The van der Waals surface area contributed by atoms with Gasteiger partial charge in [0.05, 0.1) is 28.9 Å². The fourth-order valence-electron chi connectivity index (χ4n) is 5.70. The van der Waals surface area contributed by atoms with Gasteiger partial charge in [0.25, 0.3) is 0 Å². The molecule has 0 aliphatic carbocycles. The Morgan fingerprint density at radius 3 is 2.55 bits per heavy atom. The number of rotatable bonds is 6. The monoisotopic (exact) mass is 588 g/mol. The van der Waals surface area contributed by atoms with Crippen LogP contribution in [0.5, 0.6) is 0 Å². The van der Waals surface area contributed by atoms with Crippen LogP contribution in [0.2, 0.25) is 5.02 Å². The number of aromatic nitrogens is 4. The predicted molar refractivity (Wildman–Crippen MR) is 152 cm³/mol. The summed E-state index contributed by atoms with van der Waals surface area (Å²) in [5, 5.41) is 22.7. The molecular formula is C30H27ClF2N8O. The summed E-state index contributed by atoms with van der Waals surface area (Å²) < 4.78 is 27.8. The molecule has 1 aromatic heterocycles. The summed E-state index contributed by atoms with van der Waals surface area (Å²) in [5.74, 6) is -1.41. The summed E-state index contributed by atoms with van der Waals surface area (Å²) in [5.41, 5.74) is 2.44. The number of hydrogen-bond acceptors (Lipinski definition) is 7. The lowest BCUT2D eigenvalue weighted by Gasteiger charge is -2.38. The molecule has 0 unspecified atom stereocenters. The van der Waals surface area contributed by atoms with Gasteiger partial charge >= 0.3 is 0 Å². The minimum Gasteiger partial charge on any atom is -0.367 e. The molecule has 3 aromatic carbocycles. The fraction of sp³-hybridized carbons (Fsp3) is 0.300. The largest absolute Gasteiger partial charge is 0.367 e. The van der Waals surface area contributed by atoms with Crippen LogP contribution in [0, 0.1) is 23.0 Å². The van der Waals surface area contributed by atoms with E-state index in [1.165, 1.54) is 10.9 Å². The number of nitriles is 1. The van der Waals surface area contributed by atoms with Crippen molar-refractivity contribution in [1.82, 2.24) is 30.0 Å². The van der Waals surface area contributed by atoms with Crippen LogP contribution < -0.4 is 4.90 Å². The molecule has 2 aliphatic heterocycles. The van der Waals surface area contributed by atoms with E-state index in [1.807, 2.05) is 47.4 Å². The van der Waals surface area contributed by atoms with Crippen LogP contribution in [0.4, 0.5) is 14.5 Å². The number of tetrazole rings is 1. The van der Waals surface area contributed by atoms with Gasteiger partial charge in [0, 0.05) is 50.4 Å². The Labute approximate surface area is 246 Å². The molecule has 0 saturated carbocycles. The summed E-state index contributed by atoms with van der Waals surface area (Å²) in [6.07, 6.45) is 0.433. The number of carbonyl (C=O) groups excluding carboxylic acids is 1. The van der Waals surface area contributed by atoms with Crippen molar-refractivity contribution in [2.75, 3.05) is 37.6 Å². The molecule has 1 amide bonds. The number of piperazine rings is 1. The van der Waals surface area contributed by atoms with E-state index < -0.39 is 17.7 Å². The number of anilines is 1. The number of para-hydroxylation sites is 1. The molecule has 3 heterocycles. The van der Waals surface area contributed by atoms with Gasteiger partial charge in [-0.15, -0.1) is 10.2 Å². The zero-order valence-electron chi connectivity index (χ0n) is 22.6. The molecule has 0 bridgehead atoms. The van der Waals surface area contributed by atoms with E-state index in [9.17, 15) is 18.8 Å². The third kappa shape index (κ3) is 5.55. The van der Waals surface area contributed by atoms with E-state index in [0.717, 1.165) is 23.4 Å². The highest BCUT2D eigenvalue weighted by atomic mass is 35.5. The van der Waals surface area contributed by atoms with E-state index in [0.29, 0.717) is 56.3 Å². The van der Waals surface area contributed by atoms with Gasteiger partial charge in [-0.05, 0) is 47.5 Å². The molecule has 0 N–H and O–H groups in total. The number of likely N-dealkylation sites (tertiary alicyclic amines) is 1. The first-order valence-corrected chi connectivity index (χ1v) is 14.0. The number of hydrogen-bond donors (Lipinski definition) is 0. The molecule has 0 radical (unpaired) electrons. The Morgan fingerprint density at radius 2 is 1.79 bits per heavy atom. The van der Waals surface area contributed by atoms with Gasteiger partial charge in [-0.2, -0.15) is 10.1 Å². The van der Waals surface area contributed by atoms with E-state index in [2.05, 4.69) is 31.3 Å². The van der Waals surface area contributed by atoms with Gasteiger partial charge in [-0.1, -0.05) is 41.9 Å². The number of benzene rings is 3. The van der Waals surface area contributed by atoms with Crippen molar-refractivity contribution in [2.45, 2.75) is 25.0 Å². The Bertz CT molecular complexity index is 1650. The maximum Gasteiger partial charge on any atom is 0.240 e. The van der Waals surface area contributed by atoms with Gasteiger partial charge in [0.2, 0.25) is 11.7 Å². The highest BCUT2D eigenvalue weighted by Gasteiger charge is 2.41. The number of halogens is 3. The van der Waals surface area contributed by atoms with Crippen LogP contribution in [0.15, 0.2) is 66.7 Å². The molecule has 9 nitrogen and oxygen atoms in total. The van der Waals surface area contributed by atoms with Crippen LogP contribution in [-0.4, -0.2) is 74.7 Å². The highest BCUT2D eigenvalue weighted by Crippen LogP contribution is 2.32. The topological polar surface area (TPSA) is 94.2 Å². The van der Waals surface area contributed by atoms with E-state index >= 15 is 0 Å². The average Bonchev–Trinajstić information content (AvgIpc) is 3.66. The lowest BCUT2D eigenvalue weighted by atomic mass is 10.1. The smallest absolute Gasteiger partial charge is 0.240 e. The third-order valence-corrected chi connectivity index (χ3v) is 8.25. The average molecular weight is 589 g/mol. The number of amides is 1. The Hall–Kier alpha value is -4.40. The van der Waals surface area contributed by atoms with E-state index in [1.54, 1.807) is 6.07 Å². The molecule has 2 saturated heterocycles. The first-order chi connectivity index (χ1) is 20.4. The van der Waals surface area contributed by atoms with E-state index in [4.69, 9.17) is 11.6 Å². The number of nitrogens with zero attached hydrogens (tertiary/aromatic N) is 8. The van der Waals surface area contributed by atoms with Crippen LogP contribution in [-0.2, 0) is 11.3 Å². The van der Waals surface area contributed by atoms with Gasteiger partial charge in [-0.3, -0.25) is 9.69 Å². The molecule has 4 aromatic rings. The molecule has 42 heavy (non-hydrogen) atoms. The zero-order valence-corrected chi connectivity index (χ0v) is 23.3.